The number of carbonyl (C=O) groups is 1. The van der Waals surface area contributed by atoms with Gasteiger partial charge in [0.2, 0.25) is 5.91 Å². The Morgan fingerprint density at radius 3 is 2.93 bits per heavy atom. The van der Waals surface area contributed by atoms with Gasteiger partial charge in [0.1, 0.15) is 6.04 Å². The van der Waals surface area contributed by atoms with Crippen molar-refractivity contribution in [2.75, 3.05) is 17.2 Å². The zero-order valence-corrected chi connectivity index (χ0v) is 9.54. The summed E-state index contributed by atoms with van der Waals surface area (Å²) in [5.74, 6) is -0.0983. The Bertz CT molecular complexity index is 395. The number of amides is 1. The number of hydrogen-bond acceptors (Lipinski definition) is 3. The van der Waals surface area contributed by atoms with E-state index in [-0.39, 0.29) is 18.6 Å². The van der Waals surface area contributed by atoms with E-state index in [2.05, 4.69) is 26.6 Å². The Labute approximate surface area is 95.8 Å². The van der Waals surface area contributed by atoms with Gasteiger partial charge in [-0.05, 0) is 24.6 Å². The van der Waals surface area contributed by atoms with Gasteiger partial charge in [0.25, 0.3) is 0 Å². The Hall–Kier alpha value is -1.07. The van der Waals surface area contributed by atoms with E-state index in [4.69, 9.17) is 5.11 Å². The lowest BCUT2D eigenvalue weighted by Gasteiger charge is -2.26. The number of aliphatic hydroxyl groups excluding tert-OH is 1. The lowest BCUT2D eigenvalue weighted by Crippen LogP contribution is -2.39. The summed E-state index contributed by atoms with van der Waals surface area (Å²) in [6, 6.07) is 5.25. The molecule has 1 aromatic rings. The normalized spacial score (nSPS) is 19.1. The fourth-order valence-electron chi connectivity index (χ4n) is 1.55. The molecule has 0 aromatic heterocycles. The first kappa shape index (κ1) is 10.4. The minimum absolute atomic E-state index is 0.00553. The van der Waals surface area contributed by atoms with Crippen LogP contribution in [0.25, 0.3) is 0 Å². The molecule has 0 aliphatic carbocycles. The SMILES string of the molecule is O=C1Nc2ccc(Br)cc2N[C@H]1CCO. The van der Waals surface area contributed by atoms with Gasteiger partial charge in [-0.3, -0.25) is 4.79 Å². The molecule has 3 N–H and O–H groups in total. The molecule has 5 heteroatoms. The molecular formula is C10H11BrN2O2. The summed E-state index contributed by atoms with van der Waals surface area (Å²) >= 11 is 3.36. The number of benzene rings is 1. The molecule has 0 bridgehead atoms. The van der Waals surface area contributed by atoms with Crippen molar-refractivity contribution in [1.82, 2.24) is 0 Å². The molecule has 1 atom stereocenters. The van der Waals surface area contributed by atoms with E-state index in [9.17, 15) is 4.79 Å². The Morgan fingerprint density at radius 1 is 1.40 bits per heavy atom. The van der Waals surface area contributed by atoms with Gasteiger partial charge in [-0.15, -0.1) is 0 Å². The molecule has 15 heavy (non-hydrogen) atoms. The highest BCUT2D eigenvalue weighted by Gasteiger charge is 2.24. The minimum atomic E-state index is -0.350. The van der Waals surface area contributed by atoms with E-state index in [1.807, 2.05) is 18.2 Å². The average molecular weight is 271 g/mol. The summed E-state index contributed by atoms with van der Waals surface area (Å²) in [4.78, 5) is 11.5. The van der Waals surface area contributed by atoms with Crippen LogP contribution in [0.5, 0.6) is 0 Å². The van der Waals surface area contributed by atoms with Crippen molar-refractivity contribution in [3.05, 3.63) is 22.7 Å². The Balaban J connectivity index is 2.26. The lowest BCUT2D eigenvalue weighted by molar-refractivity contribution is -0.117. The fourth-order valence-corrected chi connectivity index (χ4v) is 1.91. The van der Waals surface area contributed by atoms with Crippen molar-refractivity contribution in [2.45, 2.75) is 12.5 Å². The summed E-state index contributed by atoms with van der Waals surface area (Å²) < 4.78 is 0.952. The van der Waals surface area contributed by atoms with Crippen LogP contribution in [0.2, 0.25) is 0 Å². The highest BCUT2D eigenvalue weighted by Crippen LogP contribution is 2.30. The summed E-state index contributed by atoms with van der Waals surface area (Å²) in [6.07, 6.45) is 0.414. The molecule has 80 valence electrons. The molecule has 4 nitrogen and oxygen atoms in total. The summed E-state index contributed by atoms with van der Waals surface area (Å²) in [6.45, 7) is -0.00553. The van der Waals surface area contributed by atoms with Crippen LogP contribution < -0.4 is 10.6 Å². The number of halogens is 1. The molecule has 0 spiro atoms. The Morgan fingerprint density at radius 2 is 2.20 bits per heavy atom. The molecule has 0 saturated heterocycles. The zero-order chi connectivity index (χ0) is 10.8. The maximum absolute atomic E-state index is 11.5. The van der Waals surface area contributed by atoms with E-state index in [1.54, 1.807) is 0 Å². The van der Waals surface area contributed by atoms with Crippen LogP contribution in [-0.2, 0) is 4.79 Å². The van der Waals surface area contributed by atoms with Crippen LogP contribution in [0.15, 0.2) is 22.7 Å². The van der Waals surface area contributed by atoms with Crippen molar-refractivity contribution in [3.63, 3.8) is 0 Å². The second-order valence-corrected chi connectivity index (χ2v) is 4.30. The number of rotatable bonds is 2. The molecule has 0 unspecified atom stereocenters. The number of anilines is 2. The van der Waals surface area contributed by atoms with E-state index in [1.165, 1.54) is 0 Å². The molecular weight excluding hydrogens is 260 g/mol. The summed E-state index contributed by atoms with van der Waals surface area (Å²) in [7, 11) is 0. The number of nitrogens with one attached hydrogen (secondary N) is 2. The predicted octanol–water partition coefficient (Wildman–Crippen LogP) is 1.56. The standard InChI is InChI=1S/C10H11BrN2O2/c11-6-1-2-7-9(5-6)12-8(3-4-14)10(15)13-7/h1-2,5,8,12,14H,3-4H2,(H,13,15)/t8-/m0/s1. The van der Waals surface area contributed by atoms with Crippen molar-refractivity contribution in [2.24, 2.45) is 0 Å². The number of carbonyl (C=O) groups excluding carboxylic acids is 1. The highest BCUT2D eigenvalue weighted by atomic mass is 79.9. The van der Waals surface area contributed by atoms with Crippen LogP contribution in [-0.4, -0.2) is 23.7 Å². The average Bonchev–Trinajstić information content (AvgIpc) is 2.20. The quantitative estimate of drug-likeness (QED) is 0.765. The second-order valence-electron chi connectivity index (χ2n) is 3.39. The monoisotopic (exact) mass is 270 g/mol. The zero-order valence-electron chi connectivity index (χ0n) is 7.96. The van der Waals surface area contributed by atoms with Gasteiger partial charge in [-0.2, -0.15) is 0 Å². The molecule has 1 aliphatic rings. The number of fused-ring (bicyclic) bond motifs is 1. The first-order chi connectivity index (χ1) is 7.20. The largest absolute Gasteiger partial charge is 0.396 e. The maximum atomic E-state index is 11.5. The topological polar surface area (TPSA) is 61.4 Å². The van der Waals surface area contributed by atoms with Gasteiger partial charge >= 0.3 is 0 Å². The predicted molar refractivity (Wildman–Crippen MR) is 61.9 cm³/mol. The lowest BCUT2D eigenvalue weighted by atomic mass is 10.1. The molecule has 1 aliphatic heterocycles. The van der Waals surface area contributed by atoms with E-state index >= 15 is 0 Å². The third kappa shape index (κ3) is 2.13. The third-order valence-electron chi connectivity index (χ3n) is 2.30. The molecule has 0 radical (unpaired) electrons. The van der Waals surface area contributed by atoms with Crippen molar-refractivity contribution in [1.29, 1.82) is 0 Å². The van der Waals surface area contributed by atoms with E-state index in [0.29, 0.717) is 6.42 Å². The summed E-state index contributed by atoms with van der Waals surface area (Å²) in [5, 5.41) is 14.7. The summed E-state index contributed by atoms with van der Waals surface area (Å²) in [5.41, 5.74) is 1.65. The minimum Gasteiger partial charge on any atom is -0.396 e. The van der Waals surface area contributed by atoms with Crippen LogP contribution in [0.1, 0.15) is 6.42 Å². The second kappa shape index (κ2) is 4.20. The van der Waals surface area contributed by atoms with Crippen LogP contribution in [0, 0.1) is 0 Å². The van der Waals surface area contributed by atoms with E-state index in [0.717, 1.165) is 15.8 Å². The van der Waals surface area contributed by atoms with Gasteiger partial charge in [-0.25, -0.2) is 0 Å². The van der Waals surface area contributed by atoms with Crippen LogP contribution in [0.3, 0.4) is 0 Å². The molecule has 0 saturated carbocycles. The fraction of sp³-hybridized carbons (Fsp3) is 0.300. The molecule has 0 fully saturated rings. The maximum Gasteiger partial charge on any atom is 0.247 e. The first-order valence-electron chi connectivity index (χ1n) is 4.68. The smallest absolute Gasteiger partial charge is 0.247 e. The van der Waals surface area contributed by atoms with Crippen molar-refractivity contribution in [3.8, 4) is 0 Å². The first-order valence-corrected chi connectivity index (χ1v) is 5.48. The van der Waals surface area contributed by atoms with Crippen molar-refractivity contribution < 1.29 is 9.90 Å². The molecule has 2 rings (SSSR count). The van der Waals surface area contributed by atoms with Gasteiger partial charge in [-0.1, -0.05) is 15.9 Å². The van der Waals surface area contributed by atoms with Crippen LogP contribution >= 0.6 is 15.9 Å². The molecule has 1 amide bonds. The number of hydrogen-bond donors (Lipinski definition) is 3. The molecule has 1 aromatic carbocycles. The Kier molecular flexibility index (Phi) is 2.93. The van der Waals surface area contributed by atoms with Crippen molar-refractivity contribution >= 4 is 33.2 Å². The highest BCUT2D eigenvalue weighted by molar-refractivity contribution is 9.10. The van der Waals surface area contributed by atoms with Gasteiger partial charge in [0, 0.05) is 11.1 Å². The van der Waals surface area contributed by atoms with Gasteiger partial charge < -0.3 is 15.7 Å². The van der Waals surface area contributed by atoms with Gasteiger partial charge in [0.05, 0.1) is 11.4 Å². The van der Waals surface area contributed by atoms with Crippen LogP contribution in [0.4, 0.5) is 11.4 Å². The molecule has 1 heterocycles. The van der Waals surface area contributed by atoms with Gasteiger partial charge in [0.15, 0.2) is 0 Å². The van der Waals surface area contributed by atoms with E-state index < -0.39 is 0 Å². The number of aliphatic hydroxyl groups is 1. The third-order valence-corrected chi connectivity index (χ3v) is 2.80.